The molecular weight excluding hydrogens is 334 g/mol. The van der Waals surface area contributed by atoms with E-state index in [1.807, 2.05) is 18.4 Å². The zero-order chi connectivity index (χ0) is 14.3. The first-order chi connectivity index (χ1) is 9.60. The minimum absolute atomic E-state index is 0.174. The molecule has 4 heteroatoms. The van der Waals surface area contributed by atoms with E-state index in [2.05, 4.69) is 53.2 Å². The SMILES string of the molecule is CCc1ccc(C(Br)c2ccc3c(c2)CC(=O)N3C)s1. The number of hydrogen-bond donors (Lipinski definition) is 0. The molecule has 104 valence electrons. The molecule has 1 aromatic carbocycles. The summed E-state index contributed by atoms with van der Waals surface area (Å²) in [4.78, 5) is 16.4. The van der Waals surface area contributed by atoms with Gasteiger partial charge in [-0.2, -0.15) is 0 Å². The highest BCUT2D eigenvalue weighted by Crippen LogP contribution is 2.38. The minimum Gasteiger partial charge on any atom is -0.315 e. The fourth-order valence-electron chi connectivity index (χ4n) is 2.53. The van der Waals surface area contributed by atoms with Gasteiger partial charge in [-0.1, -0.05) is 35.0 Å². The summed E-state index contributed by atoms with van der Waals surface area (Å²) in [5, 5.41) is 0. The van der Waals surface area contributed by atoms with Crippen LogP contribution < -0.4 is 4.90 Å². The molecular formula is C16H16BrNOS. The normalized spacial score (nSPS) is 15.6. The number of amides is 1. The van der Waals surface area contributed by atoms with Gasteiger partial charge < -0.3 is 4.90 Å². The van der Waals surface area contributed by atoms with Crippen LogP contribution in [0.15, 0.2) is 30.3 Å². The van der Waals surface area contributed by atoms with Gasteiger partial charge >= 0.3 is 0 Å². The monoisotopic (exact) mass is 349 g/mol. The molecule has 3 rings (SSSR count). The quantitative estimate of drug-likeness (QED) is 0.756. The maximum Gasteiger partial charge on any atom is 0.231 e. The summed E-state index contributed by atoms with van der Waals surface area (Å²) in [7, 11) is 1.84. The molecule has 0 saturated heterocycles. The van der Waals surface area contributed by atoms with Crippen LogP contribution in [0.5, 0.6) is 0 Å². The molecule has 1 amide bonds. The van der Waals surface area contributed by atoms with Gasteiger partial charge in [-0.05, 0) is 35.7 Å². The van der Waals surface area contributed by atoms with Crippen molar-refractivity contribution in [2.24, 2.45) is 0 Å². The summed E-state index contributed by atoms with van der Waals surface area (Å²) in [6.07, 6.45) is 1.60. The number of thiophene rings is 1. The van der Waals surface area contributed by atoms with E-state index in [-0.39, 0.29) is 10.7 Å². The smallest absolute Gasteiger partial charge is 0.231 e. The number of carbonyl (C=O) groups excluding carboxylic acids is 1. The predicted molar refractivity (Wildman–Crippen MR) is 88.0 cm³/mol. The number of nitrogens with zero attached hydrogens (tertiary/aromatic N) is 1. The molecule has 2 aromatic rings. The summed E-state index contributed by atoms with van der Waals surface area (Å²) < 4.78 is 0. The van der Waals surface area contributed by atoms with Crippen molar-refractivity contribution >= 4 is 38.9 Å². The number of hydrogen-bond acceptors (Lipinski definition) is 2. The van der Waals surface area contributed by atoms with E-state index in [9.17, 15) is 4.79 Å². The van der Waals surface area contributed by atoms with Crippen LogP contribution in [-0.2, 0) is 17.6 Å². The van der Waals surface area contributed by atoms with E-state index in [1.165, 1.54) is 15.3 Å². The molecule has 0 radical (unpaired) electrons. The van der Waals surface area contributed by atoms with Crippen molar-refractivity contribution in [3.8, 4) is 0 Å². The average Bonchev–Trinajstić information content (AvgIpc) is 3.04. The van der Waals surface area contributed by atoms with E-state index in [0.29, 0.717) is 6.42 Å². The van der Waals surface area contributed by atoms with Crippen LogP contribution in [0.4, 0.5) is 5.69 Å². The Labute approximate surface area is 131 Å². The average molecular weight is 350 g/mol. The number of benzene rings is 1. The van der Waals surface area contributed by atoms with Gasteiger partial charge in [0.15, 0.2) is 0 Å². The lowest BCUT2D eigenvalue weighted by molar-refractivity contribution is -0.117. The maximum atomic E-state index is 11.7. The lowest BCUT2D eigenvalue weighted by Crippen LogP contribution is -2.20. The number of carbonyl (C=O) groups is 1. The van der Waals surface area contributed by atoms with Gasteiger partial charge in [0.1, 0.15) is 0 Å². The third kappa shape index (κ3) is 2.31. The number of rotatable bonds is 3. The summed E-state index contributed by atoms with van der Waals surface area (Å²) in [6.45, 7) is 2.18. The Morgan fingerprint density at radius 2 is 2.15 bits per heavy atom. The van der Waals surface area contributed by atoms with Crippen molar-refractivity contribution in [2.75, 3.05) is 11.9 Å². The summed E-state index contributed by atoms with van der Waals surface area (Å²) in [5.41, 5.74) is 3.39. The number of likely N-dealkylation sites (N-methyl/N-ethyl adjacent to an activating group) is 1. The lowest BCUT2D eigenvalue weighted by atomic mass is 10.1. The van der Waals surface area contributed by atoms with Gasteiger partial charge in [0.25, 0.3) is 0 Å². The van der Waals surface area contributed by atoms with E-state index < -0.39 is 0 Å². The zero-order valence-electron chi connectivity index (χ0n) is 11.5. The second-order valence-electron chi connectivity index (χ2n) is 5.04. The van der Waals surface area contributed by atoms with Gasteiger partial charge in [0, 0.05) is 22.5 Å². The summed E-state index contributed by atoms with van der Waals surface area (Å²) in [5.74, 6) is 0.174. The van der Waals surface area contributed by atoms with Crippen LogP contribution in [0, 0.1) is 0 Å². The van der Waals surface area contributed by atoms with Gasteiger partial charge in [0.2, 0.25) is 5.91 Å². The molecule has 1 aromatic heterocycles. The summed E-state index contributed by atoms with van der Waals surface area (Å²) >= 11 is 5.63. The maximum absolute atomic E-state index is 11.7. The summed E-state index contributed by atoms with van der Waals surface area (Å²) in [6, 6.07) is 10.7. The van der Waals surface area contributed by atoms with Crippen LogP contribution in [0.1, 0.15) is 32.6 Å². The first kappa shape index (κ1) is 13.8. The Morgan fingerprint density at radius 1 is 1.35 bits per heavy atom. The second kappa shape index (κ2) is 5.34. The van der Waals surface area contributed by atoms with Crippen molar-refractivity contribution < 1.29 is 4.79 Å². The molecule has 0 spiro atoms. The van der Waals surface area contributed by atoms with Gasteiger partial charge in [-0.25, -0.2) is 0 Å². The lowest BCUT2D eigenvalue weighted by Gasteiger charge is -2.13. The molecule has 1 atom stereocenters. The highest BCUT2D eigenvalue weighted by Gasteiger charge is 2.25. The third-order valence-electron chi connectivity index (χ3n) is 3.75. The highest BCUT2D eigenvalue weighted by molar-refractivity contribution is 9.09. The highest BCUT2D eigenvalue weighted by atomic mass is 79.9. The standard InChI is InChI=1S/C16H16BrNOS/c1-3-12-5-7-14(20-12)16(17)10-4-6-13-11(8-10)9-15(19)18(13)2/h4-8,16H,3,9H2,1-2H3. The number of alkyl halides is 1. The molecule has 1 aliphatic rings. The minimum atomic E-state index is 0.174. The molecule has 0 bridgehead atoms. The van der Waals surface area contributed by atoms with E-state index in [1.54, 1.807) is 4.90 Å². The number of aryl methyl sites for hydroxylation is 1. The molecule has 0 N–H and O–H groups in total. The van der Waals surface area contributed by atoms with E-state index >= 15 is 0 Å². The number of fused-ring (bicyclic) bond motifs is 1. The van der Waals surface area contributed by atoms with Crippen molar-refractivity contribution in [3.05, 3.63) is 51.2 Å². The Bertz CT molecular complexity index is 664. The van der Waals surface area contributed by atoms with Crippen LogP contribution in [0.3, 0.4) is 0 Å². The Kier molecular flexibility index (Phi) is 3.69. The zero-order valence-corrected chi connectivity index (χ0v) is 13.9. The molecule has 1 aliphatic heterocycles. The van der Waals surface area contributed by atoms with Crippen LogP contribution in [-0.4, -0.2) is 13.0 Å². The van der Waals surface area contributed by atoms with Crippen LogP contribution in [0.2, 0.25) is 0 Å². The van der Waals surface area contributed by atoms with Crippen molar-refractivity contribution in [3.63, 3.8) is 0 Å². The molecule has 2 heterocycles. The van der Waals surface area contributed by atoms with Crippen molar-refractivity contribution in [1.29, 1.82) is 0 Å². The number of halogens is 1. The Balaban J connectivity index is 1.92. The van der Waals surface area contributed by atoms with Gasteiger partial charge in [0.05, 0.1) is 11.2 Å². The van der Waals surface area contributed by atoms with Crippen LogP contribution >= 0.6 is 27.3 Å². The Morgan fingerprint density at radius 3 is 2.85 bits per heavy atom. The molecule has 1 unspecified atom stereocenters. The Hall–Kier alpha value is -1.13. The topological polar surface area (TPSA) is 20.3 Å². The van der Waals surface area contributed by atoms with Gasteiger partial charge in [-0.15, -0.1) is 11.3 Å². The second-order valence-corrected chi connectivity index (χ2v) is 7.15. The van der Waals surface area contributed by atoms with E-state index in [4.69, 9.17) is 0 Å². The van der Waals surface area contributed by atoms with E-state index in [0.717, 1.165) is 17.7 Å². The molecule has 20 heavy (non-hydrogen) atoms. The molecule has 0 saturated carbocycles. The van der Waals surface area contributed by atoms with Gasteiger partial charge in [-0.3, -0.25) is 4.79 Å². The molecule has 0 aliphatic carbocycles. The molecule has 0 fully saturated rings. The first-order valence-electron chi connectivity index (χ1n) is 6.72. The largest absolute Gasteiger partial charge is 0.315 e. The van der Waals surface area contributed by atoms with Crippen molar-refractivity contribution in [1.82, 2.24) is 0 Å². The predicted octanol–water partition coefficient (Wildman–Crippen LogP) is 4.31. The fraction of sp³-hybridized carbons (Fsp3) is 0.312. The van der Waals surface area contributed by atoms with Crippen LogP contribution in [0.25, 0.3) is 0 Å². The third-order valence-corrected chi connectivity index (χ3v) is 6.37. The first-order valence-corrected chi connectivity index (χ1v) is 8.45. The fourth-order valence-corrected chi connectivity index (χ4v) is 4.21. The van der Waals surface area contributed by atoms with Crippen molar-refractivity contribution in [2.45, 2.75) is 24.6 Å². The number of anilines is 1. The molecule has 2 nitrogen and oxygen atoms in total.